The molecule has 10 heteroatoms. The molecule has 1 aromatic rings. The molecule has 0 saturated carbocycles. The highest BCUT2D eigenvalue weighted by Gasteiger charge is 2.38. The number of nitrogens with one attached hydrogen (secondary N) is 1. The molecule has 0 spiro atoms. The molecule has 1 aromatic carbocycles. The van der Waals surface area contributed by atoms with Crippen molar-refractivity contribution in [3.8, 4) is 5.75 Å². The van der Waals surface area contributed by atoms with E-state index in [9.17, 15) is 19.8 Å². The molecule has 8 nitrogen and oxygen atoms in total. The summed E-state index contributed by atoms with van der Waals surface area (Å²) >= 11 is 7.73. The molecule has 3 unspecified atom stereocenters. The smallest absolute Gasteiger partial charge is 0.409 e. The lowest BCUT2D eigenvalue weighted by molar-refractivity contribution is -0.119. The number of hydrogen-bond acceptors (Lipinski definition) is 7. The number of alkyl carbamates (subject to hydrolysis) is 1. The van der Waals surface area contributed by atoms with Gasteiger partial charge in [-0.05, 0) is 31.0 Å². The molecular weight excluding hydrogens is 492 g/mol. The number of allylic oxidation sites excluding steroid dienone is 3. The predicted molar refractivity (Wildman–Crippen MR) is 138 cm³/mol. The van der Waals surface area contributed by atoms with Gasteiger partial charge in [0.2, 0.25) is 5.91 Å². The molecule has 1 saturated heterocycles. The van der Waals surface area contributed by atoms with Gasteiger partial charge in [0, 0.05) is 38.0 Å². The summed E-state index contributed by atoms with van der Waals surface area (Å²) < 4.78 is 10.7. The lowest BCUT2D eigenvalue weighted by Gasteiger charge is -2.36. The molecule has 0 radical (unpaired) electrons. The van der Waals surface area contributed by atoms with Gasteiger partial charge in [0.1, 0.15) is 28.0 Å². The topological polar surface area (TPSA) is 108 Å². The zero-order valence-electron chi connectivity index (χ0n) is 20.4. The van der Waals surface area contributed by atoms with Crippen LogP contribution in [0.15, 0.2) is 35.9 Å². The number of halogens is 1. The van der Waals surface area contributed by atoms with E-state index in [4.69, 9.17) is 21.1 Å². The van der Waals surface area contributed by atoms with Crippen LogP contribution in [0.5, 0.6) is 5.75 Å². The van der Waals surface area contributed by atoms with E-state index < -0.39 is 23.4 Å². The molecule has 1 fully saturated rings. The number of amides is 2. The third-order valence-corrected chi connectivity index (χ3v) is 7.85. The second kappa shape index (κ2) is 11.7. The van der Waals surface area contributed by atoms with Gasteiger partial charge >= 0.3 is 6.09 Å². The fourth-order valence-corrected chi connectivity index (χ4v) is 5.43. The fourth-order valence-electron chi connectivity index (χ4n) is 4.09. The third-order valence-electron chi connectivity index (χ3n) is 6.10. The highest BCUT2D eigenvalue weighted by molar-refractivity contribution is 7.99. The molecule has 35 heavy (non-hydrogen) atoms. The monoisotopic (exact) mass is 524 g/mol. The largest absolute Gasteiger partial charge is 0.495 e. The van der Waals surface area contributed by atoms with Crippen molar-refractivity contribution in [3.63, 3.8) is 0 Å². The van der Waals surface area contributed by atoms with E-state index in [0.29, 0.717) is 28.6 Å². The second-order valence-electron chi connectivity index (χ2n) is 9.20. The Kier molecular flexibility index (Phi) is 9.15. The summed E-state index contributed by atoms with van der Waals surface area (Å²) in [5.74, 6) is 0.195. The van der Waals surface area contributed by atoms with Gasteiger partial charge < -0.3 is 24.6 Å². The number of fused-ring (bicyclic) bond motifs is 4. The van der Waals surface area contributed by atoms with E-state index >= 15 is 0 Å². The maximum atomic E-state index is 13.1. The number of aliphatic hydroxyl groups excluding tert-OH is 1. The highest BCUT2D eigenvalue weighted by atomic mass is 35.5. The average Bonchev–Trinajstić information content (AvgIpc) is 2.79. The number of ether oxygens (including phenoxy) is 2. The molecule has 2 amide bonds. The molecule has 4 atom stereocenters. The Morgan fingerprint density at radius 3 is 2.80 bits per heavy atom. The summed E-state index contributed by atoms with van der Waals surface area (Å²) in [6, 6.07) is 3.71. The quantitative estimate of drug-likeness (QED) is 0.509. The Morgan fingerprint density at radius 2 is 2.09 bits per heavy atom. The number of methoxy groups -OCH3 is 1. The summed E-state index contributed by atoms with van der Waals surface area (Å²) in [5.41, 5.74) is 0.199. The molecule has 0 aromatic heterocycles. The zero-order valence-corrected chi connectivity index (χ0v) is 22.0. The molecule has 3 N–H and O–H groups in total. The van der Waals surface area contributed by atoms with Gasteiger partial charge in [-0.15, -0.1) is 11.8 Å². The number of nitrogens with zero attached hydrogens (tertiary/aromatic N) is 1. The number of anilines is 1. The van der Waals surface area contributed by atoms with E-state index in [1.54, 1.807) is 20.0 Å². The predicted octanol–water partition coefficient (Wildman–Crippen LogP) is 4.03. The summed E-state index contributed by atoms with van der Waals surface area (Å²) in [6.07, 6.45) is 5.38. The van der Waals surface area contributed by atoms with Crippen molar-refractivity contribution in [3.05, 3.63) is 46.5 Å². The van der Waals surface area contributed by atoms with Crippen LogP contribution in [0.1, 0.15) is 38.7 Å². The Balaban J connectivity index is 1.94. The number of carbonyl (C=O) groups is 2. The first kappa shape index (κ1) is 27.4. The molecule has 2 aliphatic rings. The summed E-state index contributed by atoms with van der Waals surface area (Å²) in [7, 11) is 3.19. The first-order valence-electron chi connectivity index (χ1n) is 11.5. The lowest BCUT2D eigenvalue weighted by atomic mass is 10.00. The van der Waals surface area contributed by atoms with Crippen LogP contribution in [0, 0.1) is 5.92 Å². The maximum Gasteiger partial charge on any atom is 0.409 e. The number of thioether (sulfide) groups is 1. The number of hydrogen-bond donors (Lipinski definition) is 3. The van der Waals surface area contributed by atoms with Crippen LogP contribution in [0.25, 0.3) is 0 Å². The van der Waals surface area contributed by atoms with E-state index in [2.05, 4.69) is 5.32 Å². The molecule has 2 heterocycles. The van der Waals surface area contributed by atoms with Gasteiger partial charge in [-0.25, -0.2) is 4.79 Å². The standard InChI is InChI=1S/C25H33ClN2O6S/c1-15-7-5-6-8-25(32)13-18(34-24(31)27-25)14-35-23(30)16(2)10-21(29)28(3)19-11-17(9-15)12-20(33-4)22(19)26/h5-7,11-12,16,18,23,30,32H,8-10,13-14H2,1-4H3,(H,27,31)/b6-5+,15-7+/t16?,18?,23?,25-/m1/s1. The Labute approximate surface area is 215 Å². The van der Waals surface area contributed by atoms with Gasteiger partial charge in [-0.2, -0.15) is 0 Å². The van der Waals surface area contributed by atoms with Gasteiger partial charge in [0.15, 0.2) is 0 Å². The van der Waals surface area contributed by atoms with Crippen LogP contribution in [-0.2, 0) is 16.0 Å². The minimum absolute atomic E-state index is 0.0896. The molecular formula is C25H33ClN2O6S. The van der Waals surface area contributed by atoms with Gasteiger partial charge in [-0.1, -0.05) is 42.3 Å². The van der Waals surface area contributed by atoms with Gasteiger partial charge in [-0.3, -0.25) is 10.1 Å². The van der Waals surface area contributed by atoms with Gasteiger partial charge in [0.25, 0.3) is 0 Å². The van der Waals surface area contributed by atoms with E-state index in [1.165, 1.54) is 23.8 Å². The SMILES string of the molecule is COc1cc2cc(c1Cl)N(C)C(=O)CC(C)C(O)SCC1C[C@](O)(C/C=C/C=C(\C)C2)NC(=O)O1. The van der Waals surface area contributed by atoms with Crippen LogP contribution >= 0.6 is 23.4 Å². The van der Waals surface area contributed by atoms with E-state index in [1.807, 2.05) is 31.2 Å². The summed E-state index contributed by atoms with van der Waals surface area (Å²) in [4.78, 5) is 26.6. The highest BCUT2D eigenvalue weighted by Crippen LogP contribution is 2.37. The molecule has 3 rings (SSSR count). The van der Waals surface area contributed by atoms with Crippen LogP contribution in [-0.4, -0.2) is 59.4 Å². The van der Waals surface area contributed by atoms with Crippen LogP contribution < -0.4 is 15.0 Å². The number of carbonyl (C=O) groups excluding carboxylic acids is 2. The van der Waals surface area contributed by atoms with Crippen molar-refractivity contribution < 1.29 is 29.3 Å². The minimum Gasteiger partial charge on any atom is -0.495 e. The number of rotatable bonds is 1. The van der Waals surface area contributed by atoms with Gasteiger partial charge in [0.05, 0.1) is 12.8 Å². The lowest BCUT2D eigenvalue weighted by Crippen LogP contribution is -2.56. The average molecular weight is 525 g/mol. The van der Waals surface area contributed by atoms with Crippen LogP contribution in [0.4, 0.5) is 10.5 Å². The first-order chi connectivity index (χ1) is 16.5. The molecule has 192 valence electrons. The van der Waals surface area contributed by atoms with Crippen LogP contribution in [0.3, 0.4) is 0 Å². The summed E-state index contributed by atoms with van der Waals surface area (Å²) in [6.45, 7) is 3.76. The van der Waals surface area contributed by atoms with Crippen molar-refractivity contribution in [2.24, 2.45) is 5.92 Å². The Morgan fingerprint density at radius 1 is 1.34 bits per heavy atom. The fraction of sp³-hybridized carbons (Fsp3) is 0.520. The zero-order chi connectivity index (χ0) is 25.8. The van der Waals surface area contributed by atoms with Crippen molar-refractivity contribution >= 4 is 41.1 Å². The van der Waals surface area contributed by atoms with Crippen molar-refractivity contribution in [2.75, 3.05) is 24.8 Å². The van der Waals surface area contributed by atoms with E-state index in [0.717, 1.165) is 11.1 Å². The maximum absolute atomic E-state index is 13.1. The molecule has 4 bridgehead atoms. The Bertz CT molecular complexity index is 1020. The molecule has 2 aliphatic heterocycles. The first-order valence-corrected chi connectivity index (χ1v) is 12.9. The Hall–Kier alpha value is -2.20. The van der Waals surface area contributed by atoms with Crippen LogP contribution in [0.2, 0.25) is 5.02 Å². The number of aliphatic hydroxyl groups is 2. The normalized spacial score (nSPS) is 31.1. The third kappa shape index (κ3) is 7.16. The molecule has 0 aliphatic carbocycles. The number of benzene rings is 1. The minimum atomic E-state index is -1.44. The van der Waals surface area contributed by atoms with E-state index in [-0.39, 0.29) is 31.1 Å². The van der Waals surface area contributed by atoms with Crippen molar-refractivity contribution in [1.29, 1.82) is 0 Å². The van der Waals surface area contributed by atoms with Crippen molar-refractivity contribution in [1.82, 2.24) is 5.32 Å². The van der Waals surface area contributed by atoms with Crippen molar-refractivity contribution in [2.45, 2.75) is 56.8 Å². The second-order valence-corrected chi connectivity index (χ2v) is 10.7. The summed E-state index contributed by atoms with van der Waals surface area (Å²) in [5, 5.41) is 24.4.